The van der Waals surface area contributed by atoms with Crippen LogP contribution in [0.25, 0.3) is 62.2 Å². The van der Waals surface area contributed by atoms with Gasteiger partial charge in [-0.1, -0.05) is 68.4 Å². The van der Waals surface area contributed by atoms with Crippen molar-refractivity contribution in [3.05, 3.63) is 96.1 Å². The van der Waals surface area contributed by atoms with E-state index < -0.39 is 0 Å². The molecular formula is C31H20S2. The number of hydrogen-bond acceptors (Lipinski definition) is 2. The zero-order valence-corrected chi connectivity index (χ0v) is 20.0. The molecule has 5 aromatic carbocycles. The summed E-state index contributed by atoms with van der Waals surface area (Å²) in [5, 5.41) is 8.38. The highest BCUT2D eigenvalue weighted by Gasteiger charge is 2.35. The van der Waals surface area contributed by atoms with Gasteiger partial charge in [0.15, 0.2) is 0 Å². The molecule has 0 spiro atoms. The summed E-state index contributed by atoms with van der Waals surface area (Å²) < 4.78 is 5.52. The average Bonchev–Trinajstić information content (AvgIpc) is 3.46. The van der Waals surface area contributed by atoms with E-state index in [0.717, 1.165) is 0 Å². The lowest BCUT2D eigenvalue weighted by atomic mass is 9.82. The Morgan fingerprint density at radius 2 is 1.21 bits per heavy atom. The van der Waals surface area contributed by atoms with Crippen molar-refractivity contribution in [2.45, 2.75) is 19.3 Å². The van der Waals surface area contributed by atoms with E-state index in [4.69, 9.17) is 0 Å². The van der Waals surface area contributed by atoms with Crippen molar-refractivity contribution in [1.82, 2.24) is 0 Å². The van der Waals surface area contributed by atoms with Gasteiger partial charge in [0.05, 0.1) is 0 Å². The Kier molecular flexibility index (Phi) is 3.33. The fourth-order valence-corrected chi connectivity index (χ4v) is 8.34. The maximum absolute atomic E-state index is 2.51. The van der Waals surface area contributed by atoms with Crippen LogP contribution in [0.1, 0.15) is 25.0 Å². The van der Waals surface area contributed by atoms with Gasteiger partial charge in [-0.15, -0.1) is 22.7 Å². The van der Waals surface area contributed by atoms with Crippen LogP contribution in [-0.2, 0) is 5.41 Å². The summed E-state index contributed by atoms with van der Waals surface area (Å²) in [6, 6.07) is 32.0. The lowest BCUT2D eigenvalue weighted by Crippen LogP contribution is -2.14. The van der Waals surface area contributed by atoms with E-state index in [2.05, 4.69) is 98.8 Å². The fourth-order valence-electron chi connectivity index (χ4n) is 6.09. The molecule has 7 aromatic rings. The van der Waals surface area contributed by atoms with E-state index in [9.17, 15) is 0 Å². The van der Waals surface area contributed by atoms with Crippen molar-refractivity contribution in [2.75, 3.05) is 0 Å². The number of fused-ring (bicyclic) bond motifs is 12. The number of rotatable bonds is 0. The van der Waals surface area contributed by atoms with Gasteiger partial charge >= 0.3 is 0 Å². The van der Waals surface area contributed by atoms with Crippen LogP contribution in [0, 0.1) is 0 Å². The normalized spacial score (nSPS) is 14.6. The maximum atomic E-state index is 2.51. The van der Waals surface area contributed by atoms with Crippen LogP contribution in [0.15, 0.2) is 84.9 Å². The first kappa shape index (κ1) is 18.3. The average molecular weight is 457 g/mol. The zero-order valence-electron chi connectivity index (χ0n) is 18.4. The highest BCUT2D eigenvalue weighted by Crippen LogP contribution is 2.52. The van der Waals surface area contributed by atoms with Crippen LogP contribution in [0.3, 0.4) is 0 Å². The van der Waals surface area contributed by atoms with Crippen LogP contribution in [0.5, 0.6) is 0 Å². The Labute approximate surface area is 199 Å². The van der Waals surface area contributed by atoms with Crippen molar-refractivity contribution in [3.63, 3.8) is 0 Å². The monoisotopic (exact) mass is 456 g/mol. The van der Waals surface area contributed by atoms with Gasteiger partial charge in [0.25, 0.3) is 0 Å². The molecule has 0 bridgehead atoms. The molecule has 2 aromatic heterocycles. The van der Waals surface area contributed by atoms with Gasteiger partial charge in [0, 0.05) is 51.1 Å². The van der Waals surface area contributed by atoms with Crippen molar-refractivity contribution in [1.29, 1.82) is 0 Å². The van der Waals surface area contributed by atoms with E-state index in [1.54, 1.807) is 0 Å². The summed E-state index contributed by atoms with van der Waals surface area (Å²) in [6.07, 6.45) is 0. The largest absolute Gasteiger partial charge is 0.135 e. The predicted molar refractivity (Wildman–Crippen MR) is 147 cm³/mol. The van der Waals surface area contributed by atoms with Crippen LogP contribution >= 0.6 is 22.7 Å². The summed E-state index contributed by atoms with van der Waals surface area (Å²) in [6.45, 7) is 4.75. The third-order valence-corrected chi connectivity index (χ3v) is 9.91. The van der Waals surface area contributed by atoms with Crippen LogP contribution in [0.2, 0.25) is 0 Å². The van der Waals surface area contributed by atoms with Gasteiger partial charge in [0.2, 0.25) is 0 Å². The summed E-state index contributed by atoms with van der Waals surface area (Å²) in [4.78, 5) is 0. The van der Waals surface area contributed by atoms with Crippen molar-refractivity contribution < 1.29 is 0 Å². The fraction of sp³-hybridized carbons (Fsp3) is 0.0968. The van der Waals surface area contributed by atoms with Gasteiger partial charge in [-0.2, -0.15) is 0 Å². The molecule has 2 heterocycles. The summed E-state index contributed by atoms with van der Waals surface area (Å²) in [7, 11) is 0. The lowest BCUT2D eigenvalue weighted by molar-refractivity contribution is 0.661. The highest BCUT2D eigenvalue weighted by molar-refractivity contribution is 7.27. The molecule has 0 nitrogen and oxygen atoms in total. The quantitative estimate of drug-likeness (QED) is 0.213. The van der Waals surface area contributed by atoms with Gasteiger partial charge in [-0.25, -0.2) is 0 Å². The van der Waals surface area contributed by atoms with Gasteiger partial charge in [-0.3, -0.25) is 0 Å². The minimum atomic E-state index is 0.0172. The number of thiophene rings is 2. The molecule has 2 heteroatoms. The number of hydrogen-bond donors (Lipinski definition) is 0. The molecule has 156 valence electrons. The smallest absolute Gasteiger partial charge is 0.0362 e. The first-order valence-electron chi connectivity index (χ1n) is 11.4. The molecule has 0 amide bonds. The van der Waals surface area contributed by atoms with Crippen molar-refractivity contribution in [2.24, 2.45) is 0 Å². The molecule has 33 heavy (non-hydrogen) atoms. The molecule has 0 aliphatic heterocycles. The van der Waals surface area contributed by atoms with E-state index >= 15 is 0 Å². The molecular weight excluding hydrogens is 436 g/mol. The minimum absolute atomic E-state index is 0.0172. The third-order valence-electron chi connectivity index (χ3n) is 7.66. The summed E-state index contributed by atoms with van der Waals surface area (Å²) in [5.41, 5.74) is 5.72. The Bertz CT molecular complexity index is 1950. The molecule has 0 atom stereocenters. The Morgan fingerprint density at radius 1 is 0.515 bits per heavy atom. The maximum Gasteiger partial charge on any atom is 0.0362 e. The Hall–Kier alpha value is -3.20. The van der Waals surface area contributed by atoms with E-state index in [0.29, 0.717) is 0 Å². The second kappa shape index (κ2) is 6.02. The molecule has 1 aliphatic carbocycles. The molecule has 0 saturated carbocycles. The van der Waals surface area contributed by atoms with Crippen molar-refractivity contribution >= 4 is 73.8 Å². The van der Waals surface area contributed by atoms with Gasteiger partial charge in [0.1, 0.15) is 0 Å². The first-order valence-corrected chi connectivity index (χ1v) is 13.1. The van der Waals surface area contributed by atoms with Crippen LogP contribution < -0.4 is 0 Å². The van der Waals surface area contributed by atoms with Crippen LogP contribution in [-0.4, -0.2) is 0 Å². The topological polar surface area (TPSA) is 0 Å². The van der Waals surface area contributed by atoms with Crippen molar-refractivity contribution in [3.8, 4) is 11.1 Å². The van der Waals surface area contributed by atoms with Crippen LogP contribution in [0.4, 0.5) is 0 Å². The number of benzene rings is 5. The second-order valence-electron chi connectivity index (χ2n) is 9.74. The van der Waals surface area contributed by atoms with Gasteiger partial charge in [-0.05, 0) is 58.0 Å². The minimum Gasteiger partial charge on any atom is -0.135 e. The summed E-state index contributed by atoms with van der Waals surface area (Å²) >= 11 is 3.85. The summed E-state index contributed by atoms with van der Waals surface area (Å²) in [5.74, 6) is 0. The molecule has 0 N–H and O–H groups in total. The zero-order chi connectivity index (χ0) is 21.9. The van der Waals surface area contributed by atoms with Gasteiger partial charge < -0.3 is 0 Å². The third kappa shape index (κ3) is 2.21. The molecule has 0 fully saturated rings. The molecule has 8 rings (SSSR count). The predicted octanol–water partition coefficient (Wildman–Crippen LogP) is 9.88. The molecule has 0 radical (unpaired) electrons. The standard InChI is InChI=1S/C31H20S2/c1-31(2)22-9-5-3-7-18(22)20-16-27-21(15-23(20)31)30-26(33-27)14-12-17-11-13-25-29(28(17)30)19-8-4-6-10-24(19)32-25/h3-16H,1-2H3. The Balaban J connectivity index is 1.59. The SMILES string of the molecule is CC1(C)c2ccccc2-c2cc3sc4ccc5ccc6sc7ccccc7c6c5c4c3cc21. The lowest BCUT2D eigenvalue weighted by Gasteiger charge is -2.21. The Morgan fingerprint density at radius 3 is 2.06 bits per heavy atom. The molecule has 1 aliphatic rings. The highest BCUT2D eigenvalue weighted by atomic mass is 32.1. The molecule has 0 unspecified atom stereocenters. The second-order valence-corrected chi connectivity index (χ2v) is 11.9. The van der Waals surface area contributed by atoms with E-state index in [1.807, 2.05) is 22.7 Å². The molecule has 0 saturated heterocycles. The van der Waals surface area contributed by atoms with E-state index in [-0.39, 0.29) is 5.41 Å². The first-order chi connectivity index (χ1) is 16.1. The van der Waals surface area contributed by atoms with E-state index in [1.165, 1.54) is 73.4 Å².